The quantitative estimate of drug-likeness (QED) is 0.776. The maximum atomic E-state index is 12.2. The highest BCUT2D eigenvalue weighted by Crippen LogP contribution is 2.26. The standard InChI is InChI=1S/C21H27NO3/c1-5-24-20-11-8-16(3)14-19(20)17(4)22-21(23)12-13-25-18-9-6-15(2)7-10-18/h6-11,14,17H,5,12-13H2,1-4H3,(H,22,23). The topological polar surface area (TPSA) is 47.6 Å². The summed E-state index contributed by atoms with van der Waals surface area (Å²) < 4.78 is 11.3. The molecule has 2 rings (SSSR count). The monoisotopic (exact) mass is 341 g/mol. The van der Waals surface area contributed by atoms with Crippen molar-refractivity contribution in [2.75, 3.05) is 13.2 Å². The van der Waals surface area contributed by atoms with Gasteiger partial charge in [0.25, 0.3) is 0 Å². The molecule has 0 fully saturated rings. The molecule has 0 aromatic heterocycles. The van der Waals surface area contributed by atoms with Crippen molar-refractivity contribution in [1.29, 1.82) is 0 Å². The third-order valence-corrected chi connectivity index (χ3v) is 3.93. The fourth-order valence-corrected chi connectivity index (χ4v) is 2.58. The molecule has 0 aliphatic carbocycles. The smallest absolute Gasteiger partial charge is 0.223 e. The van der Waals surface area contributed by atoms with Gasteiger partial charge in [-0.1, -0.05) is 35.4 Å². The third-order valence-electron chi connectivity index (χ3n) is 3.93. The number of nitrogens with one attached hydrogen (secondary N) is 1. The lowest BCUT2D eigenvalue weighted by molar-refractivity contribution is -0.122. The number of aryl methyl sites for hydroxylation is 2. The molecule has 0 saturated heterocycles. The molecule has 25 heavy (non-hydrogen) atoms. The Morgan fingerprint density at radius 1 is 1.04 bits per heavy atom. The Labute approximate surface area is 150 Å². The van der Waals surface area contributed by atoms with Gasteiger partial charge >= 0.3 is 0 Å². The van der Waals surface area contributed by atoms with E-state index in [9.17, 15) is 4.79 Å². The SMILES string of the molecule is CCOc1ccc(C)cc1C(C)NC(=O)CCOc1ccc(C)cc1. The summed E-state index contributed by atoms with van der Waals surface area (Å²) in [6.07, 6.45) is 0.313. The lowest BCUT2D eigenvalue weighted by atomic mass is 10.0. The van der Waals surface area contributed by atoms with Crippen molar-refractivity contribution in [2.24, 2.45) is 0 Å². The Morgan fingerprint density at radius 3 is 2.40 bits per heavy atom. The fourth-order valence-electron chi connectivity index (χ4n) is 2.58. The van der Waals surface area contributed by atoms with E-state index in [1.54, 1.807) is 0 Å². The van der Waals surface area contributed by atoms with Crippen molar-refractivity contribution in [3.8, 4) is 11.5 Å². The molecular weight excluding hydrogens is 314 g/mol. The van der Waals surface area contributed by atoms with Gasteiger partial charge in [-0.15, -0.1) is 0 Å². The van der Waals surface area contributed by atoms with Crippen molar-refractivity contribution in [3.63, 3.8) is 0 Å². The van der Waals surface area contributed by atoms with E-state index in [1.807, 2.05) is 64.1 Å². The molecule has 1 N–H and O–H groups in total. The Bertz CT molecular complexity index is 695. The first-order chi connectivity index (χ1) is 12.0. The largest absolute Gasteiger partial charge is 0.494 e. The number of hydrogen-bond acceptors (Lipinski definition) is 3. The number of ether oxygens (including phenoxy) is 2. The van der Waals surface area contributed by atoms with E-state index in [1.165, 1.54) is 5.56 Å². The van der Waals surface area contributed by atoms with Crippen molar-refractivity contribution in [2.45, 2.75) is 40.2 Å². The minimum Gasteiger partial charge on any atom is -0.494 e. The van der Waals surface area contributed by atoms with Gasteiger partial charge in [0.15, 0.2) is 0 Å². The predicted octanol–water partition coefficient (Wildman–Crippen LogP) is 4.35. The summed E-state index contributed by atoms with van der Waals surface area (Å²) >= 11 is 0. The van der Waals surface area contributed by atoms with Crippen molar-refractivity contribution in [3.05, 3.63) is 59.2 Å². The summed E-state index contributed by atoms with van der Waals surface area (Å²) in [5.41, 5.74) is 3.32. The molecule has 0 heterocycles. The van der Waals surface area contributed by atoms with Crippen LogP contribution >= 0.6 is 0 Å². The Kier molecular flexibility index (Phi) is 6.87. The second kappa shape index (κ2) is 9.11. The summed E-state index contributed by atoms with van der Waals surface area (Å²) in [7, 11) is 0. The third kappa shape index (κ3) is 5.82. The summed E-state index contributed by atoms with van der Waals surface area (Å²) in [5, 5.41) is 3.02. The van der Waals surface area contributed by atoms with Crippen LogP contribution in [0, 0.1) is 13.8 Å². The van der Waals surface area contributed by atoms with E-state index in [0.717, 1.165) is 22.6 Å². The highest BCUT2D eigenvalue weighted by Gasteiger charge is 2.14. The van der Waals surface area contributed by atoms with Gasteiger partial charge in [-0.05, 0) is 45.9 Å². The molecule has 0 saturated carbocycles. The van der Waals surface area contributed by atoms with Gasteiger partial charge in [0.1, 0.15) is 11.5 Å². The van der Waals surface area contributed by atoms with Gasteiger partial charge in [-0.3, -0.25) is 4.79 Å². The summed E-state index contributed by atoms with van der Waals surface area (Å²) in [6.45, 7) is 8.93. The van der Waals surface area contributed by atoms with E-state index in [0.29, 0.717) is 19.6 Å². The first-order valence-electron chi connectivity index (χ1n) is 8.71. The number of rotatable bonds is 8. The molecule has 0 aliphatic heterocycles. The van der Waals surface area contributed by atoms with E-state index in [4.69, 9.17) is 9.47 Å². The van der Waals surface area contributed by atoms with Gasteiger partial charge in [0.2, 0.25) is 5.91 Å². The average molecular weight is 341 g/mol. The number of amides is 1. The van der Waals surface area contributed by atoms with E-state index in [2.05, 4.69) is 11.4 Å². The molecule has 0 spiro atoms. The molecule has 2 aromatic rings. The van der Waals surface area contributed by atoms with Crippen molar-refractivity contribution >= 4 is 5.91 Å². The Morgan fingerprint density at radius 2 is 1.72 bits per heavy atom. The first kappa shape index (κ1) is 18.8. The van der Waals surface area contributed by atoms with Crippen LogP contribution in [-0.4, -0.2) is 19.1 Å². The van der Waals surface area contributed by atoms with Crippen LogP contribution in [0.25, 0.3) is 0 Å². The summed E-state index contributed by atoms with van der Waals surface area (Å²) in [4.78, 5) is 12.2. The van der Waals surface area contributed by atoms with Gasteiger partial charge in [-0.2, -0.15) is 0 Å². The number of benzene rings is 2. The number of hydrogen-bond donors (Lipinski definition) is 1. The normalized spacial score (nSPS) is 11.7. The highest BCUT2D eigenvalue weighted by atomic mass is 16.5. The molecule has 1 amide bonds. The first-order valence-corrected chi connectivity index (χ1v) is 8.71. The molecule has 134 valence electrons. The Hall–Kier alpha value is -2.49. The molecule has 4 heteroatoms. The molecule has 1 unspecified atom stereocenters. The van der Waals surface area contributed by atoms with E-state index in [-0.39, 0.29) is 11.9 Å². The summed E-state index contributed by atoms with van der Waals surface area (Å²) in [5.74, 6) is 1.56. The molecule has 0 radical (unpaired) electrons. The molecule has 4 nitrogen and oxygen atoms in total. The molecule has 2 aromatic carbocycles. The van der Waals surface area contributed by atoms with Crippen molar-refractivity contribution < 1.29 is 14.3 Å². The fraction of sp³-hybridized carbons (Fsp3) is 0.381. The van der Waals surface area contributed by atoms with Crippen LogP contribution in [0.1, 0.15) is 43.0 Å². The lowest BCUT2D eigenvalue weighted by Crippen LogP contribution is -2.28. The zero-order chi connectivity index (χ0) is 18.2. The predicted molar refractivity (Wildman–Crippen MR) is 100 cm³/mol. The minimum absolute atomic E-state index is 0.0384. The van der Waals surface area contributed by atoms with Crippen LogP contribution in [0.5, 0.6) is 11.5 Å². The Balaban J connectivity index is 1.87. The van der Waals surface area contributed by atoms with Crippen LogP contribution in [0.3, 0.4) is 0 Å². The van der Waals surface area contributed by atoms with Gasteiger partial charge in [-0.25, -0.2) is 0 Å². The zero-order valence-electron chi connectivity index (χ0n) is 15.5. The van der Waals surface area contributed by atoms with Crippen LogP contribution in [0.4, 0.5) is 0 Å². The van der Waals surface area contributed by atoms with Gasteiger partial charge in [0, 0.05) is 5.56 Å². The zero-order valence-corrected chi connectivity index (χ0v) is 15.5. The van der Waals surface area contributed by atoms with Gasteiger partial charge < -0.3 is 14.8 Å². The number of carbonyl (C=O) groups is 1. The maximum Gasteiger partial charge on any atom is 0.223 e. The lowest BCUT2D eigenvalue weighted by Gasteiger charge is -2.19. The van der Waals surface area contributed by atoms with Crippen LogP contribution in [0.2, 0.25) is 0 Å². The maximum absolute atomic E-state index is 12.2. The van der Waals surface area contributed by atoms with Crippen molar-refractivity contribution in [1.82, 2.24) is 5.32 Å². The highest BCUT2D eigenvalue weighted by molar-refractivity contribution is 5.76. The van der Waals surface area contributed by atoms with Crippen LogP contribution < -0.4 is 14.8 Å². The number of carbonyl (C=O) groups excluding carboxylic acids is 1. The van der Waals surface area contributed by atoms with Crippen LogP contribution in [0.15, 0.2) is 42.5 Å². The second-order valence-corrected chi connectivity index (χ2v) is 6.18. The summed E-state index contributed by atoms with van der Waals surface area (Å²) in [6, 6.07) is 13.7. The van der Waals surface area contributed by atoms with Crippen LogP contribution in [-0.2, 0) is 4.79 Å². The van der Waals surface area contributed by atoms with Gasteiger partial charge in [0.05, 0.1) is 25.7 Å². The molecular formula is C21H27NO3. The van der Waals surface area contributed by atoms with E-state index < -0.39 is 0 Å². The molecule has 0 aliphatic rings. The average Bonchev–Trinajstić information content (AvgIpc) is 2.58. The molecule has 1 atom stereocenters. The molecule has 0 bridgehead atoms. The second-order valence-electron chi connectivity index (χ2n) is 6.18. The minimum atomic E-state index is -0.117. The van der Waals surface area contributed by atoms with E-state index >= 15 is 0 Å².